The highest BCUT2D eigenvalue weighted by Crippen LogP contribution is 2.11. The molecule has 0 aliphatic carbocycles. The zero-order valence-corrected chi connectivity index (χ0v) is 8.51. The summed E-state index contributed by atoms with van der Waals surface area (Å²) < 4.78 is 42.6. The molecule has 6 nitrogen and oxygen atoms in total. The molecule has 0 aliphatic heterocycles. The molecule has 1 rings (SSSR count). The second kappa shape index (κ2) is 4.05. The number of hydrogen-bond acceptors (Lipinski definition) is 4. The smallest absolute Gasteiger partial charge is 0.253 e. The molecule has 0 saturated heterocycles. The highest BCUT2D eigenvalue weighted by molar-refractivity contribution is 8.00. The fourth-order valence-corrected chi connectivity index (χ4v) is 2.42. The van der Waals surface area contributed by atoms with Crippen LogP contribution in [0.2, 0.25) is 0 Å². The molecule has 0 aliphatic rings. The van der Waals surface area contributed by atoms with Gasteiger partial charge in [-0.15, -0.1) is 4.13 Å². The van der Waals surface area contributed by atoms with Gasteiger partial charge < -0.3 is 5.73 Å². The fraction of sp³-hybridized carbons (Fsp3) is 0. The van der Waals surface area contributed by atoms with E-state index in [0.29, 0.717) is 5.69 Å². The normalized spacial score (nSPS) is 13.8. The van der Waals surface area contributed by atoms with Crippen molar-refractivity contribution >= 4 is 27.0 Å². The van der Waals surface area contributed by atoms with Crippen LogP contribution in [0.5, 0.6) is 0 Å². The number of sulfonamides is 1. The van der Waals surface area contributed by atoms with Crippen molar-refractivity contribution in [1.82, 2.24) is 4.13 Å². The lowest BCUT2D eigenvalue weighted by Gasteiger charge is -2.02. The van der Waals surface area contributed by atoms with Crippen molar-refractivity contribution in [1.29, 1.82) is 0 Å². The number of anilines is 1. The molecule has 0 heterocycles. The van der Waals surface area contributed by atoms with Gasteiger partial charge in [-0.05, 0) is 24.3 Å². The third-order valence-electron chi connectivity index (χ3n) is 1.37. The molecular weight excluding hydrogens is 228 g/mol. The fourth-order valence-electron chi connectivity index (χ4n) is 0.789. The van der Waals surface area contributed by atoms with Crippen LogP contribution >= 0.6 is 0 Å². The Hall–Kier alpha value is -0.960. The van der Waals surface area contributed by atoms with Gasteiger partial charge in [0.2, 0.25) is 11.3 Å². The SMILES string of the molecule is Nc1ccc(S(=O)(=O)NS(=O)O)cc1. The first-order chi connectivity index (χ1) is 6.42. The van der Waals surface area contributed by atoms with Gasteiger partial charge in [-0.3, -0.25) is 4.55 Å². The molecule has 0 bridgehead atoms. The lowest BCUT2D eigenvalue weighted by Crippen LogP contribution is -2.25. The van der Waals surface area contributed by atoms with E-state index in [0.717, 1.165) is 0 Å². The van der Waals surface area contributed by atoms with Crippen LogP contribution in [0, 0.1) is 0 Å². The van der Waals surface area contributed by atoms with Crippen LogP contribution in [0.1, 0.15) is 0 Å². The van der Waals surface area contributed by atoms with Crippen LogP contribution in [0.3, 0.4) is 0 Å². The van der Waals surface area contributed by atoms with Crippen molar-refractivity contribution in [3.8, 4) is 0 Å². The number of nitrogen functional groups attached to an aromatic ring is 1. The molecule has 4 N–H and O–H groups in total. The van der Waals surface area contributed by atoms with E-state index < -0.39 is 21.3 Å². The average molecular weight is 236 g/mol. The average Bonchev–Trinajstić information content (AvgIpc) is 2.02. The van der Waals surface area contributed by atoms with Crippen molar-refractivity contribution in [3.05, 3.63) is 24.3 Å². The van der Waals surface area contributed by atoms with E-state index in [-0.39, 0.29) is 4.90 Å². The van der Waals surface area contributed by atoms with Gasteiger partial charge in [0.1, 0.15) is 0 Å². The van der Waals surface area contributed by atoms with Gasteiger partial charge in [0, 0.05) is 5.69 Å². The molecule has 1 atom stereocenters. The molecule has 8 heteroatoms. The summed E-state index contributed by atoms with van der Waals surface area (Å²) in [6, 6.07) is 5.25. The monoisotopic (exact) mass is 236 g/mol. The quantitative estimate of drug-likeness (QED) is 0.492. The minimum Gasteiger partial charge on any atom is -0.399 e. The molecule has 0 saturated carbocycles. The second-order valence-corrected chi connectivity index (χ2v) is 5.05. The van der Waals surface area contributed by atoms with Crippen LogP contribution in [0.25, 0.3) is 0 Å². The van der Waals surface area contributed by atoms with Crippen LogP contribution in [0.4, 0.5) is 5.69 Å². The van der Waals surface area contributed by atoms with E-state index in [1.165, 1.54) is 28.4 Å². The Kier molecular flexibility index (Phi) is 3.21. The van der Waals surface area contributed by atoms with Gasteiger partial charge in [-0.25, -0.2) is 12.6 Å². The van der Waals surface area contributed by atoms with E-state index in [4.69, 9.17) is 10.3 Å². The third-order valence-corrected chi connectivity index (χ3v) is 3.71. The van der Waals surface area contributed by atoms with Crippen molar-refractivity contribution in [3.63, 3.8) is 0 Å². The summed E-state index contributed by atoms with van der Waals surface area (Å²) in [5, 5.41) is 0. The zero-order valence-electron chi connectivity index (χ0n) is 6.88. The molecule has 1 unspecified atom stereocenters. The summed E-state index contributed by atoms with van der Waals surface area (Å²) in [6.07, 6.45) is 0. The summed E-state index contributed by atoms with van der Waals surface area (Å²) in [5.74, 6) is 0. The summed E-state index contributed by atoms with van der Waals surface area (Å²) >= 11 is -2.61. The Morgan fingerprint density at radius 2 is 1.79 bits per heavy atom. The third kappa shape index (κ3) is 2.77. The Bertz CT molecular complexity index is 439. The van der Waals surface area contributed by atoms with Crippen LogP contribution in [0.15, 0.2) is 29.2 Å². The van der Waals surface area contributed by atoms with Crippen LogP contribution < -0.4 is 9.86 Å². The Morgan fingerprint density at radius 1 is 1.29 bits per heavy atom. The number of hydrogen-bond donors (Lipinski definition) is 3. The maximum Gasteiger partial charge on any atom is 0.253 e. The molecule has 0 radical (unpaired) electrons. The van der Waals surface area contributed by atoms with Crippen molar-refractivity contribution in [2.24, 2.45) is 0 Å². The topological polar surface area (TPSA) is 109 Å². The van der Waals surface area contributed by atoms with E-state index in [1.807, 2.05) is 0 Å². The van der Waals surface area contributed by atoms with Crippen LogP contribution in [-0.2, 0) is 21.3 Å². The molecule has 0 amide bonds. The molecule has 0 fully saturated rings. The van der Waals surface area contributed by atoms with Crippen molar-refractivity contribution < 1.29 is 17.2 Å². The van der Waals surface area contributed by atoms with Gasteiger partial charge in [-0.1, -0.05) is 0 Å². The standard InChI is InChI=1S/C6H8N2O4S2/c7-5-1-3-6(4-2-5)14(11,12)8-13(9)10/h1-4,8H,7H2,(H,9,10). The van der Waals surface area contributed by atoms with Gasteiger partial charge in [0.05, 0.1) is 4.90 Å². The molecule has 0 aromatic heterocycles. The van der Waals surface area contributed by atoms with Gasteiger partial charge in [0.15, 0.2) is 0 Å². The second-order valence-electron chi connectivity index (χ2n) is 2.40. The summed E-state index contributed by atoms with van der Waals surface area (Å²) in [7, 11) is -3.93. The molecular formula is C6H8N2O4S2. The minimum absolute atomic E-state index is 0.117. The van der Waals surface area contributed by atoms with E-state index in [1.54, 1.807) is 0 Å². The first-order valence-electron chi connectivity index (χ1n) is 3.40. The van der Waals surface area contributed by atoms with Gasteiger partial charge in [-0.2, -0.15) is 0 Å². The highest BCUT2D eigenvalue weighted by Gasteiger charge is 2.15. The molecule has 1 aromatic rings. The first-order valence-corrected chi connectivity index (χ1v) is 5.99. The lowest BCUT2D eigenvalue weighted by atomic mass is 10.3. The number of nitrogens with two attached hydrogens (primary N) is 1. The van der Waals surface area contributed by atoms with Gasteiger partial charge >= 0.3 is 0 Å². The summed E-state index contributed by atoms with van der Waals surface area (Å²) in [4.78, 5) is -0.117. The van der Waals surface area contributed by atoms with Crippen LogP contribution in [-0.4, -0.2) is 17.2 Å². The minimum atomic E-state index is -3.93. The molecule has 14 heavy (non-hydrogen) atoms. The largest absolute Gasteiger partial charge is 0.399 e. The Balaban J connectivity index is 3.05. The lowest BCUT2D eigenvalue weighted by molar-refractivity contribution is 0.553. The van der Waals surface area contributed by atoms with Gasteiger partial charge in [0.25, 0.3) is 10.0 Å². The predicted octanol–water partition coefficient (Wildman–Crippen LogP) is -0.316. The van der Waals surface area contributed by atoms with Crippen molar-refractivity contribution in [2.45, 2.75) is 4.90 Å². The maximum absolute atomic E-state index is 11.2. The molecule has 1 aromatic carbocycles. The maximum atomic E-state index is 11.2. The number of benzene rings is 1. The zero-order chi connectivity index (χ0) is 10.8. The highest BCUT2D eigenvalue weighted by atomic mass is 32.3. The Labute approximate surface area is 83.6 Å². The summed E-state index contributed by atoms with van der Waals surface area (Å²) in [5.41, 5.74) is 5.76. The first kappa shape index (κ1) is 11.1. The predicted molar refractivity (Wildman–Crippen MR) is 51.9 cm³/mol. The summed E-state index contributed by atoms with van der Waals surface area (Å²) in [6.45, 7) is 0. The van der Waals surface area contributed by atoms with E-state index >= 15 is 0 Å². The Morgan fingerprint density at radius 3 is 2.21 bits per heavy atom. The number of nitrogens with one attached hydrogen (secondary N) is 1. The number of rotatable bonds is 3. The van der Waals surface area contributed by atoms with Crippen molar-refractivity contribution in [2.75, 3.05) is 5.73 Å². The molecule has 78 valence electrons. The van der Waals surface area contributed by atoms with E-state index in [2.05, 4.69) is 0 Å². The molecule has 0 spiro atoms. The van der Waals surface area contributed by atoms with E-state index in [9.17, 15) is 12.6 Å².